The van der Waals surface area contributed by atoms with Crippen molar-refractivity contribution in [3.05, 3.63) is 53.0 Å². The molecule has 0 unspecified atom stereocenters. The number of nitrogens with two attached hydrogens (primary N) is 1. The third-order valence-electron chi connectivity index (χ3n) is 3.87. The van der Waals surface area contributed by atoms with Crippen LogP contribution >= 0.6 is 0 Å². The fourth-order valence-corrected chi connectivity index (χ4v) is 2.90. The van der Waals surface area contributed by atoms with Gasteiger partial charge >= 0.3 is 0 Å². The molecule has 20 heavy (non-hydrogen) atoms. The number of fused-ring (bicyclic) bond motifs is 1. The number of nitrogen functional groups attached to an aromatic ring is 1. The molecule has 0 amide bonds. The highest BCUT2D eigenvalue weighted by molar-refractivity contribution is 5.39. The molecule has 3 rings (SSSR count). The highest BCUT2D eigenvalue weighted by Gasteiger charge is 2.25. The molecule has 1 aliphatic rings. The lowest BCUT2D eigenvalue weighted by atomic mass is 10.1. The van der Waals surface area contributed by atoms with Gasteiger partial charge in [0.05, 0.1) is 0 Å². The standard InChI is InChI=1S/C16H20N4/c1-2-5-14-10-15(20-17)19-16(18-14)13-8-11-6-3-4-7-12(11)9-13/h3-4,6-7,10,13H,2,5,8-9,17H2,1H3,(H,18,19,20). The molecule has 0 radical (unpaired) electrons. The molecule has 0 saturated heterocycles. The maximum absolute atomic E-state index is 5.53. The van der Waals surface area contributed by atoms with Gasteiger partial charge in [-0.1, -0.05) is 37.6 Å². The monoisotopic (exact) mass is 268 g/mol. The first-order valence-electron chi connectivity index (χ1n) is 7.21. The summed E-state index contributed by atoms with van der Waals surface area (Å²) < 4.78 is 0. The van der Waals surface area contributed by atoms with E-state index in [1.54, 1.807) is 0 Å². The molecule has 4 heteroatoms. The van der Waals surface area contributed by atoms with Crippen molar-refractivity contribution in [2.75, 3.05) is 5.43 Å². The maximum atomic E-state index is 5.53. The van der Waals surface area contributed by atoms with Crippen LogP contribution < -0.4 is 11.3 Å². The van der Waals surface area contributed by atoms with Crippen molar-refractivity contribution in [2.45, 2.75) is 38.5 Å². The normalized spacial score (nSPS) is 14.3. The summed E-state index contributed by atoms with van der Waals surface area (Å²) in [5, 5.41) is 0. The summed E-state index contributed by atoms with van der Waals surface area (Å²) in [4.78, 5) is 9.28. The van der Waals surface area contributed by atoms with E-state index in [1.807, 2.05) is 6.07 Å². The number of rotatable bonds is 4. The molecule has 0 fully saturated rings. The average Bonchev–Trinajstić information content (AvgIpc) is 2.91. The van der Waals surface area contributed by atoms with E-state index in [1.165, 1.54) is 11.1 Å². The second-order valence-electron chi connectivity index (χ2n) is 5.37. The molecule has 0 bridgehead atoms. The minimum atomic E-state index is 0.372. The Balaban J connectivity index is 1.89. The number of hydrogen-bond acceptors (Lipinski definition) is 4. The minimum absolute atomic E-state index is 0.372. The van der Waals surface area contributed by atoms with Gasteiger partial charge in [-0.2, -0.15) is 0 Å². The number of nitrogens with one attached hydrogen (secondary N) is 1. The van der Waals surface area contributed by atoms with Crippen LogP contribution in [0.15, 0.2) is 30.3 Å². The van der Waals surface area contributed by atoms with E-state index < -0.39 is 0 Å². The number of nitrogens with zero attached hydrogens (tertiary/aromatic N) is 2. The van der Waals surface area contributed by atoms with E-state index in [4.69, 9.17) is 10.8 Å². The first kappa shape index (κ1) is 13.1. The second-order valence-corrected chi connectivity index (χ2v) is 5.37. The second kappa shape index (κ2) is 5.59. The summed E-state index contributed by atoms with van der Waals surface area (Å²) in [6, 6.07) is 10.5. The van der Waals surface area contributed by atoms with Crippen LogP contribution in [0.25, 0.3) is 0 Å². The summed E-state index contributed by atoms with van der Waals surface area (Å²) in [6.45, 7) is 2.16. The van der Waals surface area contributed by atoms with Gasteiger partial charge < -0.3 is 5.43 Å². The summed E-state index contributed by atoms with van der Waals surface area (Å²) in [5.74, 6) is 7.53. The van der Waals surface area contributed by atoms with Crippen LogP contribution in [0.3, 0.4) is 0 Å². The van der Waals surface area contributed by atoms with Crippen LogP contribution in [0.1, 0.15) is 41.9 Å². The molecular weight excluding hydrogens is 248 g/mol. The predicted molar refractivity (Wildman–Crippen MR) is 80.4 cm³/mol. The first-order valence-corrected chi connectivity index (χ1v) is 7.21. The lowest BCUT2D eigenvalue weighted by Gasteiger charge is -2.11. The Hall–Kier alpha value is -1.94. The summed E-state index contributed by atoms with van der Waals surface area (Å²) >= 11 is 0. The number of hydrogen-bond donors (Lipinski definition) is 2. The van der Waals surface area contributed by atoms with Crippen molar-refractivity contribution in [3.8, 4) is 0 Å². The Labute approximate surface area is 119 Å². The molecule has 1 aromatic heterocycles. The quantitative estimate of drug-likeness (QED) is 0.661. The Bertz CT molecular complexity index is 584. The van der Waals surface area contributed by atoms with Crippen molar-refractivity contribution in [1.29, 1.82) is 0 Å². The Morgan fingerprint density at radius 1 is 1.20 bits per heavy atom. The van der Waals surface area contributed by atoms with Crippen LogP contribution in [0, 0.1) is 0 Å². The van der Waals surface area contributed by atoms with E-state index >= 15 is 0 Å². The number of benzene rings is 1. The van der Waals surface area contributed by atoms with Crippen molar-refractivity contribution in [3.63, 3.8) is 0 Å². The predicted octanol–water partition coefficient (Wildman–Crippen LogP) is 2.60. The molecular formula is C16H20N4. The molecule has 0 spiro atoms. The van der Waals surface area contributed by atoms with E-state index in [2.05, 4.69) is 41.6 Å². The summed E-state index contributed by atoms with van der Waals surface area (Å²) in [5.41, 5.74) is 6.57. The van der Waals surface area contributed by atoms with E-state index in [0.717, 1.165) is 43.0 Å². The lowest BCUT2D eigenvalue weighted by molar-refractivity contribution is 0.672. The fourth-order valence-electron chi connectivity index (χ4n) is 2.90. The van der Waals surface area contributed by atoms with Gasteiger partial charge in [-0.05, 0) is 30.4 Å². The van der Waals surface area contributed by atoms with Crippen molar-refractivity contribution < 1.29 is 0 Å². The molecule has 2 aromatic rings. The number of hydrazine groups is 1. The molecule has 104 valence electrons. The van der Waals surface area contributed by atoms with Gasteiger partial charge in [-0.25, -0.2) is 15.8 Å². The molecule has 0 aliphatic heterocycles. The average molecular weight is 268 g/mol. The fraction of sp³-hybridized carbons (Fsp3) is 0.375. The van der Waals surface area contributed by atoms with Gasteiger partial charge in [0.25, 0.3) is 0 Å². The zero-order chi connectivity index (χ0) is 13.9. The first-order chi connectivity index (χ1) is 9.80. The topological polar surface area (TPSA) is 63.8 Å². The maximum Gasteiger partial charge on any atom is 0.143 e. The minimum Gasteiger partial charge on any atom is -0.308 e. The molecule has 1 heterocycles. The number of aryl methyl sites for hydroxylation is 1. The van der Waals surface area contributed by atoms with Gasteiger partial charge in [0.15, 0.2) is 0 Å². The van der Waals surface area contributed by atoms with Crippen LogP contribution in [-0.4, -0.2) is 9.97 Å². The zero-order valence-electron chi connectivity index (χ0n) is 11.8. The van der Waals surface area contributed by atoms with Gasteiger partial charge in [-0.15, -0.1) is 0 Å². The van der Waals surface area contributed by atoms with Crippen LogP contribution in [0.4, 0.5) is 5.82 Å². The SMILES string of the molecule is CCCc1cc(NN)nc(C2Cc3ccccc3C2)n1. The van der Waals surface area contributed by atoms with Gasteiger partial charge in [-0.3, -0.25) is 0 Å². The Morgan fingerprint density at radius 3 is 2.50 bits per heavy atom. The van der Waals surface area contributed by atoms with Crippen molar-refractivity contribution in [2.24, 2.45) is 5.84 Å². The highest BCUT2D eigenvalue weighted by atomic mass is 15.3. The van der Waals surface area contributed by atoms with Gasteiger partial charge in [0.2, 0.25) is 0 Å². The Kier molecular flexibility index (Phi) is 3.65. The lowest BCUT2D eigenvalue weighted by Crippen LogP contribution is -2.14. The molecule has 0 atom stereocenters. The van der Waals surface area contributed by atoms with Gasteiger partial charge in [0.1, 0.15) is 11.6 Å². The molecule has 4 nitrogen and oxygen atoms in total. The molecule has 3 N–H and O–H groups in total. The smallest absolute Gasteiger partial charge is 0.143 e. The molecule has 0 saturated carbocycles. The van der Waals surface area contributed by atoms with Gasteiger partial charge in [0, 0.05) is 17.7 Å². The van der Waals surface area contributed by atoms with Crippen LogP contribution in [0.2, 0.25) is 0 Å². The third-order valence-corrected chi connectivity index (χ3v) is 3.87. The van der Waals surface area contributed by atoms with Crippen LogP contribution in [-0.2, 0) is 19.3 Å². The highest BCUT2D eigenvalue weighted by Crippen LogP contribution is 2.32. The zero-order valence-corrected chi connectivity index (χ0v) is 11.8. The Morgan fingerprint density at radius 2 is 1.90 bits per heavy atom. The van der Waals surface area contributed by atoms with E-state index in [-0.39, 0.29) is 0 Å². The largest absolute Gasteiger partial charge is 0.308 e. The molecule has 1 aliphatic carbocycles. The van der Waals surface area contributed by atoms with Crippen molar-refractivity contribution >= 4 is 5.82 Å². The summed E-state index contributed by atoms with van der Waals surface area (Å²) in [6.07, 6.45) is 4.08. The number of anilines is 1. The number of aromatic nitrogens is 2. The van der Waals surface area contributed by atoms with Crippen molar-refractivity contribution in [1.82, 2.24) is 9.97 Å². The van der Waals surface area contributed by atoms with Crippen LogP contribution in [0.5, 0.6) is 0 Å². The van der Waals surface area contributed by atoms with E-state index in [9.17, 15) is 0 Å². The summed E-state index contributed by atoms with van der Waals surface area (Å²) in [7, 11) is 0. The van der Waals surface area contributed by atoms with E-state index in [0.29, 0.717) is 5.92 Å². The molecule has 1 aromatic carbocycles. The third kappa shape index (κ3) is 2.51.